The van der Waals surface area contributed by atoms with Crippen LogP contribution in [-0.2, 0) is 11.3 Å². The zero-order valence-corrected chi connectivity index (χ0v) is 12.2. The molecule has 1 aliphatic rings. The lowest BCUT2D eigenvalue weighted by molar-refractivity contribution is -0.128. The molecular formula is C14H22N2O2S. The van der Waals surface area contributed by atoms with Crippen LogP contribution in [-0.4, -0.2) is 41.7 Å². The number of aliphatic hydroxyl groups excluding tert-OH is 1. The smallest absolute Gasteiger partial charge is 0.248 e. The Labute approximate surface area is 118 Å². The van der Waals surface area contributed by atoms with Gasteiger partial charge in [-0.05, 0) is 43.7 Å². The van der Waals surface area contributed by atoms with Crippen LogP contribution in [0.1, 0.15) is 24.6 Å². The lowest BCUT2D eigenvalue weighted by Gasteiger charge is -2.32. The minimum atomic E-state index is -0.911. The van der Waals surface area contributed by atoms with Gasteiger partial charge >= 0.3 is 0 Å². The van der Waals surface area contributed by atoms with E-state index in [1.807, 2.05) is 0 Å². The average Bonchev–Trinajstić information content (AvgIpc) is 2.89. The van der Waals surface area contributed by atoms with Crippen molar-refractivity contribution in [1.82, 2.24) is 10.2 Å². The molecule has 1 aromatic heterocycles. The van der Waals surface area contributed by atoms with Gasteiger partial charge in [0, 0.05) is 24.5 Å². The Balaban J connectivity index is 1.75. The van der Waals surface area contributed by atoms with Crippen molar-refractivity contribution >= 4 is 17.2 Å². The van der Waals surface area contributed by atoms with E-state index in [1.165, 1.54) is 18.2 Å². The van der Waals surface area contributed by atoms with Crippen molar-refractivity contribution in [2.24, 2.45) is 5.92 Å². The fourth-order valence-corrected chi connectivity index (χ4v) is 3.22. The summed E-state index contributed by atoms with van der Waals surface area (Å²) in [5, 5.41) is 14.1. The van der Waals surface area contributed by atoms with Crippen LogP contribution in [0.3, 0.4) is 0 Å². The highest BCUT2D eigenvalue weighted by molar-refractivity contribution is 7.09. The molecule has 2 unspecified atom stereocenters. The predicted molar refractivity (Wildman–Crippen MR) is 77.0 cm³/mol. The highest BCUT2D eigenvalue weighted by Gasteiger charge is 2.21. The number of piperidine rings is 1. The Morgan fingerprint density at radius 3 is 3.21 bits per heavy atom. The van der Waals surface area contributed by atoms with E-state index in [2.05, 4.69) is 27.7 Å². The van der Waals surface area contributed by atoms with Crippen LogP contribution in [0.2, 0.25) is 0 Å². The summed E-state index contributed by atoms with van der Waals surface area (Å²) in [6.45, 7) is 5.35. The number of hydrogen-bond acceptors (Lipinski definition) is 4. The summed E-state index contributed by atoms with van der Waals surface area (Å²) in [4.78, 5) is 15.2. The molecule has 1 saturated heterocycles. The van der Waals surface area contributed by atoms with Crippen molar-refractivity contribution in [3.05, 3.63) is 22.4 Å². The molecule has 1 amide bonds. The number of carbonyl (C=O) groups is 1. The molecule has 0 saturated carbocycles. The van der Waals surface area contributed by atoms with Crippen LogP contribution in [0, 0.1) is 5.92 Å². The number of likely N-dealkylation sites (tertiary alicyclic amines) is 1. The summed E-state index contributed by atoms with van der Waals surface area (Å²) in [6.07, 6.45) is 1.42. The number of hydrogen-bond donors (Lipinski definition) is 2. The zero-order valence-electron chi connectivity index (χ0n) is 11.3. The summed E-state index contributed by atoms with van der Waals surface area (Å²) < 4.78 is 0. The molecule has 5 heteroatoms. The molecule has 1 aliphatic heterocycles. The van der Waals surface area contributed by atoms with E-state index in [0.717, 1.165) is 26.1 Å². The van der Waals surface area contributed by atoms with Crippen molar-refractivity contribution in [1.29, 1.82) is 0 Å². The van der Waals surface area contributed by atoms with Gasteiger partial charge in [-0.2, -0.15) is 0 Å². The van der Waals surface area contributed by atoms with Crippen molar-refractivity contribution in [3.8, 4) is 0 Å². The Morgan fingerprint density at radius 2 is 2.53 bits per heavy atom. The third-order valence-corrected chi connectivity index (χ3v) is 4.37. The van der Waals surface area contributed by atoms with Crippen molar-refractivity contribution < 1.29 is 9.90 Å². The van der Waals surface area contributed by atoms with Gasteiger partial charge in [-0.1, -0.05) is 6.07 Å². The first-order valence-electron chi connectivity index (χ1n) is 6.85. The van der Waals surface area contributed by atoms with Crippen molar-refractivity contribution in [2.75, 3.05) is 19.6 Å². The molecule has 1 fully saturated rings. The third-order valence-electron chi connectivity index (χ3n) is 3.51. The van der Waals surface area contributed by atoms with E-state index in [1.54, 1.807) is 11.3 Å². The van der Waals surface area contributed by atoms with Crippen LogP contribution in [0.15, 0.2) is 17.5 Å². The Morgan fingerprint density at radius 1 is 1.68 bits per heavy atom. The maximum atomic E-state index is 11.4. The molecule has 2 rings (SSSR count). The van der Waals surface area contributed by atoms with E-state index in [9.17, 15) is 4.79 Å². The predicted octanol–water partition coefficient (Wildman–Crippen LogP) is 1.46. The molecule has 0 aliphatic carbocycles. The van der Waals surface area contributed by atoms with E-state index in [4.69, 9.17) is 5.11 Å². The monoisotopic (exact) mass is 282 g/mol. The zero-order chi connectivity index (χ0) is 13.7. The summed E-state index contributed by atoms with van der Waals surface area (Å²) in [6, 6.07) is 4.26. The Bertz CT molecular complexity index is 392. The topological polar surface area (TPSA) is 52.6 Å². The van der Waals surface area contributed by atoms with E-state index in [-0.39, 0.29) is 5.91 Å². The van der Waals surface area contributed by atoms with Crippen LogP contribution in [0.25, 0.3) is 0 Å². The molecule has 2 atom stereocenters. The number of nitrogens with zero attached hydrogens (tertiary/aromatic N) is 1. The summed E-state index contributed by atoms with van der Waals surface area (Å²) in [7, 11) is 0. The maximum Gasteiger partial charge on any atom is 0.248 e. The van der Waals surface area contributed by atoms with Crippen molar-refractivity contribution in [3.63, 3.8) is 0 Å². The first-order chi connectivity index (χ1) is 9.15. The molecule has 106 valence electrons. The Kier molecular flexibility index (Phi) is 5.36. The third kappa shape index (κ3) is 4.60. The second kappa shape index (κ2) is 7.03. The fraction of sp³-hybridized carbons (Fsp3) is 0.643. The van der Waals surface area contributed by atoms with Gasteiger partial charge in [0.2, 0.25) is 5.91 Å². The van der Waals surface area contributed by atoms with Gasteiger partial charge in [-0.15, -0.1) is 11.3 Å². The molecule has 0 aromatic carbocycles. The van der Waals surface area contributed by atoms with Gasteiger partial charge in [0.25, 0.3) is 0 Å². The normalized spacial score (nSPS) is 22.1. The molecule has 4 nitrogen and oxygen atoms in total. The van der Waals surface area contributed by atoms with Crippen LogP contribution in [0.4, 0.5) is 0 Å². The maximum absolute atomic E-state index is 11.4. The molecule has 0 bridgehead atoms. The van der Waals surface area contributed by atoms with Crippen LogP contribution in [0.5, 0.6) is 0 Å². The standard InChI is InChI=1S/C14H22N2O2S/c1-11(17)14(18)15-8-12-4-2-6-16(9-12)10-13-5-3-7-19-13/h3,5,7,11-12,17H,2,4,6,8-10H2,1H3,(H,15,18). The van der Waals surface area contributed by atoms with Gasteiger partial charge in [0.1, 0.15) is 6.10 Å². The summed E-state index contributed by atoms with van der Waals surface area (Å²) in [5.41, 5.74) is 0. The van der Waals surface area contributed by atoms with Crippen LogP contribution >= 0.6 is 11.3 Å². The van der Waals surface area contributed by atoms with Gasteiger partial charge in [0.15, 0.2) is 0 Å². The second-order valence-electron chi connectivity index (χ2n) is 5.24. The van der Waals surface area contributed by atoms with Crippen molar-refractivity contribution in [2.45, 2.75) is 32.4 Å². The molecular weight excluding hydrogens is 260 g/mol. The van der Waals surface area contributed by atoms with Crippen LogP contribution < -0.4 is 5.32 Å². The SMILES string of the molecule is CC(O)C(=O)NCC1CCCN(Cc2cccs2)C1. The number of thiophene rings is 1. The highest BCUT2D eigenvalue weighted by Crippen LogP contribution is 2.19. The fourth-order valence-electron chi connectivity index (χ4n) is 2.48. The summed E-state index contributed by atoms with van der Waals surface area (Å²) >= 11 is 1.80. The number of amides is 1. The number of carbonyl (C=O) groups excluding carboxylic acids is 1. The quantitative estimate of drug-likeness (QED) is 0.859. The molecule has 0 radical (unpaired) electrons. The Hall–Kier alpha value is -0.910. The molecule has 2 N–H and O–H groups in total. The molecule has 1 aromatic rings. The largest absolute Gasteiger partial charge is 0.384 e. The minimum Gasteiger partial charge on any atom is -0.384 e. The molecule has 19 heavy (non-hydrogen) atoms. The van der Waals surface area contributed by atoms with Gasteiger partial charge in [-0.25, -0.2) is 0 Å². The van der Waals surface area contributed by atoms with E-state index < -0.39 is 6.10 Å². The number of aliphatic hydroxyl groups is 1. The second-order valence-corrected chi connectivity index (χ2v) is 6.28. The lowest BCUT2D eigenvalue weighted by Crippen LogP contribution is -2.42. The van der Waals surface area contributed by atoms with Gasteiger partial charge < -0.3 is 10.4 Å². The highest BCUT2D eigenvalue weighted by atomic mass is 32.1. The minimum absolute atomic E-state index is 0.268. The molecule has 0 spiro atoms. The lowest BCUT2D eigenvalue weighted by atomic mass is 9.98. The molecule has 2 heterocycles. The first-order valence-corrected chi connectivity index (χ1v) is 7.73. The first kappa shape index (κ1) is 14.5. The number of nitrogens with one attached hydrogen (secondary N) is 1. The van der Waals surface area contributed by atoms with Gasteiger partial charge in [-0.3, -0.25) is 9.69 Å². The van der Waals surface area contributed by atoms with E-state index in [0.29, 0.717) is 12.5 Å². The average molecular weight is 282 g/mol. The summed E-state index contributed by atoms with van der Waals surface area (Å²) in [5.74, 6) is 0.229. The van der Waals surface area contributed by atoms with Gasteiger partial charge in [0.05, 0.1) is 0 Å². The van der Waals surface area contributed by atoms with E-state index >= 15 is 0 Å². The number of rotatable bonds is 5.